The molecule has 2 N–H and O–H groups in total. The van der Waals surface area contributed by atoms with Gasteiger partial charge in [-0.1, -0.05) is 25.1 Å². The molecule has 2 rings (SSSR count). The van der Waals surface area contributed by atoms with Crippen molar-refractivity contribution in [3.8, 4) is 0 Å². The minimum atomic E-state index is -0.470. The number of rotatable bonds is 4. The standard InChI is InChI=1S/C12H20N2OS/c1-14(8-9-4-2-3-5-9)11(15)12(6-7-12)10(13)16/h9H,2-8H2,1H3,(H2,13,16). The van der Waals surface area contributed by atoms with E-state index >= 15 is 0 Å². The number of hydrogen-bond donors (Lipinski definition) is 1. The van der Waals surface area contributed by atoms with Gasteiger partial charge >= 0.3 is 0 Å². The minimum Gasteiger partial charge on any atom is -0.392 e. The first-order valence-electron chi connectivity index (χ1n) is 6.12. The highest BCUT2D eigenvalue weighted by Crippen LogP contribution is 2.47. The van der Waals surface area contributed by atoms with E-state index < -0.39 is 5.41 Å². The smallest absolute Gasteiger partial charge is 0.235 e. The van der Waals surface area contributed by atoms with Crippen molar-refractivity contribution >= 4 is 23.1 Å². The molecule has 2 aliphatic carbocycles. The lowest BCUT2D eigenvalue weighted by Gasteiger charge is -2.25. The zero-order valence-electron chi connectivity index (χ0n) is 9.87. The van der Waals surface area contributed by atoms with Crippen molar-refractivity contribution in [2.24, 2.45) is 17.1 Å². The summed E-state index contributed by atoms with van der Waals surface area (Å²) < 4.78 is 0. The number of thiocarbonyl (C=S) groups is 1. The molecule has 0 aliphatic heterocycles. The largest absolute Gasteiger partial charge is 0.392 e. The van der Waals surface area contributed by atoms with Crippen molar-refractivity contribution in [3.05, 3.63) is 0 Å². The van der Waals surface area contributed by atoms with E-state index in [0.29, 0.717) is 10.9 Å². The molecule has 0 saturated heterocycles. The monoisotopic (exact) mass is 240 g/mol. The fourth-order valence-corrected chi connectivity index (χ4v) is 3.01. The lowest BCUT2D eigenvalue weighted by molar-refractivity contribution is -0.133. The molecule has 16 heavy (non-hydrogen) atoms. The summed E-state index contributed by atoms with van der Waals surface area (Å²) in [6.07, 6.45) is 6.84. The Hall–Kier alpha value is -0.640. The number of hydrogen-bond acceptors (Lipinski definition) is 2. The molecule has 0 unspecified atom stereocenters. The van der Waals surface area contributed by atoms with Gasteiger partial charge in [0.25, 0.3) is 0 Å². The molecule has 2 saturated carbocycles. The van der Waals surface area contributed by atoms with E-state index in [1.54, 1.807) is 0 Å². The van der Waals surface area contributed by atoms with E-state index in [1.165, 1.54) is 25.7 Å². The van der Waals surface area contributed by atoms with Gasteiger partial charge in [-0.15, -0.1) is 0 Å². The molecular formula is C12H20N2OS. The summed E-state index contributed by atoms with van der Waals surface area (Å²) in [6, 6.07) is 0. The predicted octanol–water partition coefficient (Wildman–Crippen LogP) is 1.70. The summed E-state index contributed by atoms with van der Waals surface area (Å²) >= 11 is 5.00. The van der Waals surface area contributed by atoms with Gasteiger partial charge in [-0.05, 0) is 31.6 Å². The maximum atomic E-state index is 12.2. The van der Waals surface area contributed by atoms with Crippen LogP contribution in [0.15, 0.2) is 0 Å². The second-order valence-corrected chi connectivity index (χ2v) is 5.72. The van der Waals surface area contributed by atoms with Crippen LogP contribution in [0.5, 0.6) is 0 Å². The molecule has 90 valence electrons. The van der Waals surface area contributed by atoms with Crippen LogP contribution >= 0.6 is 12.2 Å². The maximum Gasteiger partial charge on any atom is 0.235 e. The molecule has 2 fully saturated rings. The van der Waals surface area contributed by atoms with Gasteiger partial charge in [0, 0.05) is 13.6 Å². The van der Waals surface area contributed by atoms with Crippen LogP contribution in [0.25, 0.3) is 0 Å². The number of amides is 1. The van der Waals surface area contributed by atoms with Gasteiger partial charge in [0.2, 0.25) is 5.91 Å². The highest BCUT2D eigenvalue weighted by atomic mass is 32.1. The predicted molar refractivity (Wildman–Crippen MR) is 68.0 cm³/mol. The number of carbonyl (C=O) groups excluding carboxylic acids is 1. The Morgan fingerprint density at radius 3 is 2.44 bits per heavy atom. The Kier molecular flexibility index (Phi) is 3.19. The second-order valence-electron chi connectivity index (χ2n) is 5.28. The first kappa shape index (κ1) is 11.8. The fraction of sp³-hybridized carbons (Fsp3) is 0.833. The summed E-state index contributed by atoms with van der Waals surface area (Å²) in [5.41, 5.74) is 5.19. The van der Waals surface area contributed by atoms with Gasteiger partial charge in [0.05, 0.1) is 10.4 Å². The average Bonchev–Trinajstić information content (AvgIpc) is 2.91. The van der Waals surface area contributed by atoms with E-state index in [1.807, 2.05) is 11.9 Å². The summed E-state index contributed by atoms with van der Waals surface area (Å²) in [5.74, 6) is 0.836. The van der Waals surface area contributed by atoms with Crippen molar-refractivity contribution in [2.45, 2.75) is 38.5 Å². The summed E-state index contributed by atoms with van der Waals surface area (Å²) in [7, 11) is 1.89. The van der Waals surface area contributed by atoms with Crippen LogP contribution in [0.4, 0.5) is 0 Å². The lowest BCUT2D eigenvalue weighted by atomic mass is 10.0. The van der Waals surface area contributed by atoms with Crippen LogP contribution in [-0.2, 0) is 4.79 Å². The van der Waals surface area contributed by atoms with Gasteiger partial charge < -0.3 is 10.6 Å². The number of nitrogens with two attached hydrogens (primary N) is 1. The molecule has 0 heterocycles. The molecule has 0 atom stereocenters. The highest BCUT2D eigenvalue weighted by molar-refractivity contribution is 7.80. The second kappa shape index (κ2) is 4.32. The van der Waals surface area contributed by atoms with Crippen LogP contribution in [0.2, 0.25) is 0 Å². The maximum absolute atomic E-state index is 12.2. The molecule has 0 aromatic carbocycles. The number of nitrogens with zero attached hydrogens (tertiary/aromatic N) is 1. The molecule has 0 aromatic rings. The summed E-state index contributed by atoms with van der Waals surface area (Å²) in [4.78, 5) is 14.4. The van der Waals surface area contributed by atoms with Crippen molar-refractivity contribution < 1.29 is 4.79 Å². The Balaban J connectivity index is 1.91. The van der Waals surface area contributed by atoms with Crippen LogP contribution in [-0.4, -0.2) is 29.4 Å². The third kappa shape index (κ3) is 2.08. The van der Waals surface area contributed by atoms with E-state index in [-0.39, 0.29) is 5.91 Å². The van der Waals surface area contributed by atoms with Crippen LogP contribution in [0.1, 0.15) is 38.5 Å². The Labute approximate surface area is 102 Å². The molecule has 4 heteroatoms. The quantitative estimate of drug-likeness (QED) is 0.761. The molecule has 0 radical (unpaired) electrons. The lowest BCUT2D eigenvalue weighted by Crippen LogP contribution is -2.42. The van der Waals surface area contributed by atoms with Gasteiger partial charge in [0.15, 0.2) is 0 Å². The molecule has 0 spiro atoms. The molecule has 0 aromatic heterocycles. The molecule has 3 nitrogen and oxygen atoms in total. The third-order valence-corrected chi connectivity index (χ3v) is 4.38. The Morgan fingerprint density at radius 1 is 1.44 bits per heavy atom. The van der Waals surface area contributed by atoms with E-state index in [4.69, 9.17) is 18.0 Å². The van der Waals surface area contributed by atoms with Gasteiger partial charge in [0.1, 0.15) is 0 Å². The van der Waals surface area contributed by atoms with Crippen molar-refractivity contribution in [2.75, 3.05) is 13.6 Å². The first-order chi connectivity index (χ1) is 7.56. The van der Waals surface area contributed by atoms with E-state index in [2.05, 4.69) is 0 Å². The van der Waals surface area contributed by atoms with Crippen LogP contribution < -0.4 is 5.73 Å². The topological polar surface area (TPSA) is 46.3 Å². The zero-order chi connectivity index (χ0) is 11.8. The third-order valence-electron chi connectivity index (χ3n) is 3.98. The normalized spacial score (nSPS) is 23.1. The first-order valence-corrected chi connectivity index (χ1v) is 6.52. The molecule has 0 bridgehead atoms. The van der Waals surface area contributed by atoms with Crippen molar-refractivity contribution in [1.82, 2.24) is 4.90 Å². The van der Waals surface area contributed by atoms with Gasteiger partial charge in [-0.2, -0.15) is 0 Å². The highest BCUT2D eigenvalue weighted by Gasteiger charge is 2.54. The van der Waals surface area contributed by atoms with Crippen LogP contribution in [0, 0.1) is 11.3 Å². The van der Waals surface area contributed by atoms with Crippen molar-refractivity contribution in [1.29, 1.82) is 0 Å². The molecular weight excluding hydrogens is 220 g/mol. The number of carbonyl (C=O) groups is 1. The summed E-state index contributed by atoms with van der Waals surface area (Å²) in [6.45, 7) is 0.878. The molecule has 2 aliphatic rings. The van der Waals surface area contributed by atoms with Crippen molar-refractivity contribution in [3.63, 3.8) is 0 Å². The Morgan fingerprint density at radius 2 is 2.00 bits per heavy atom. The molecule has 1 amide bonds. The van der Waals surface area contributed by atoms with Gasteiger partial charge in [-0.25, -0.2) is 0 Å². The van der Waals surface area contributed by atoms with E-state index in [0.717, 1.165) is 19.4 Å². The zero-order valence-corrected chi connectivity index (χ0v) is 10.7. The SMILES string of the molecule is CN(CC1CCCC1)C(=O)C1(C(N)=S)CC1. The fourth-order valence-electron chi connectivity index (χ4n) is 2.72. The van der Waals surface area contributed by atoms with Crippen LogP contribution in [0.3, 0.4) is 0 Å². The summed E-state index contributed by atoms with van der Waals surface area (Å²) in [5, 5.41) is 0. The average molecular weight is 240 g/mol. The Bertz CT molecular complexity index is 306. The van der Waals surface area contributed by atoms with Gasteiger partial charge in [-0.3, -0.25) is 4.79 Å². The van der Waals surface area contributed by atoms with E-state index in [9.17, 15) is 4.79 Å². The minimum absolute atomic E-state index is 0.145.